The minimum absolute atomic E-state index is 0.130. The van der Waals surface area contributed by atoms with Crippen LogP contribution in [-0.2, 0) is 22.0 Å². The highest BCUT2D eigenvalue weighted by Gasteiger charge is 2.36. The molecule has 26 heavy (non-hydrogen) atoms. The van der Waals surface area contributed by atoms with Gasteiger partial charge in [0, 0.05) is 18.7 Å². The molecule has 0 amide bonds. The second-order valence-electron chi connectivity index (χ2n) is 6.94. The Kier molecular flexibility index (Phi) is 4.29. The predicted molar refractivity (Wildman–Crippen MR) is 93.8 cm³/mol. The van der Waals surface area contributed by atoms with Crippen molar-refractivity contribution in [2.75, 3.05) is 18.0 Å². The molecule has 1 saturated heterocycles. The van der Waals surface area contributed by atoms with E-state index in [1.54, 1.807) is 6.92 Å². The van der Waals surface area contributed by atoms with Gasteiger partial charge in [0.15, 0.2) is 15.7 Å². The summed E-state index contributed by atoms with van der Waals surface area (Å²) < 4.78 is 29.2. The maximum Gasteiger partial charge on any atom is 0.256 e. The number of rotatable bonds is 6. The van der Waals surface area contributed by atoms with Gasteiger partial charge in [0.1, 0.15) is 5.75 Å². The number of hydrogen-bond donors (Lipinski definition) is 1. The van der Waals surface area contributed by atoms with Crippen molar-refractivity contribution in [1.82, 2.24) is 20.1 Å². The zero-order valence-corrected chi connectivity index (χ0v) is 15.4. The third-order valence-corrected chi connectivity index (χ3v) is 6.96. The Bertz CT molecular complexity index is 971. The zero-order valence-electron chi connectivity index (χ0n) is 14.6. The Balaban J connectivity index is 1.51. The lowest BCUT2D eigenvalue weighted by Crippen LogP contribution is -2.26. The van der Waals surface area contributed by atoms with E-state index in [1.807, 2.05) is 0 Å². The Morgan fingerprint density at radius 3 is 2.62 bits per heavy atom. The third-order valence-electron chi connectivity index (χ3n) is 4.82. The molecule has 2 aromatic heterocycles. The molecule has 1 N–H and O–H groups in total. The topological polar surface area (TPSA) is 122 Å². The van der Waals surface area contributed by atoms with Gasteiger partial charge in [-0.15, -0.1) is 0 Å². The molecule has 0 aromatic carbocycles. The molecular formula is C16H21N5O4S. The lowest BCUT2D eigenvalue weighted by atomic mass is 10.2. The molecule has 0 spiro atoms. The Morgan fingerprint density at radius 1 is 1.23 bits per heavy atom. The molecule has 4 rings (SSSR count). The SMILES string of the molecule is Cc1nc(N2CCCC2)[nH]c(=O)c1Cc1nc(CS(=O)(=O)C2CC2)no1. The third kappa shape index (κ3) is 3.50. The van der Waals surface area contributed by atoms with Crippen molar-refractivity contribution in [2.24, 2.45) is 0 Å². The summed E-state index contributed by atoms with van der Waals surface area (Å²) in [5, 5.41) is 3.47. The molecule has 0 bridgehead atoms. The summed E-state index contributed by atoms with van der Waals surface area (Å²) in [6.45, 7) is 3.56. The number of H-pyrrole nitrogens is 1. The van der Waals surface area contributed by atoms with Crippen LogP contribution in [0.2, 0.25) is 0 Å². The standard InChI is InChI=1S/C16H21N5O4S/c1-10-12(15(22)19-16(17-10)21-6-2-3-7-21)8-14-18-13(20-25-14)9-26(23,24)11-4-5-11/h11H,2-9H2,1H3,(H,17,19,22). The molecule has 3 heterocycles. The lowest BCUT2D eigenvalue weighted by Gasteiger charge is -2.16. The van der Waals surface area contributed by atoms with Crippen LogP contribution in [-0.4, -0.2) is 46.9 Å². The highest BCUT2D eigenvalue weighted by molar-refractivity contribution is 7.91. The second-order valence-corrected chi connectivity index (χ2v) is 9.22. The fourth-order valence-electron chi connectivity index (χ4n) is 3.18. The largest absolute Gasteiger partial charge is 0.342 e. The molecule has 2 aliphatic rings. The van der Waals surface area contributed by atoms with Gasteiger partial charge in [0.2, 0.25) is 11.8 Å². The summed E-state index contributed by atoms with van der Waals surface area (Å²) in [5.41, 5.74) is 0.832. The Hall–Kier alpha value is -2.23. The van der Waals surface area contributed by atoms with Gasteiger partial charge in [-0.1, -0.05) is 5.16 Å². The van der Waals surface area contributed by atoms with Gasteiger partial charge in [0.05, 0.1) is 17.4 Å². The van der Waals surface area contributed by atoms with Crippen LogP contribution in [0.5, 0.6) is 0 Å². The molecule has 0 radical (unpaired) electrons. The first-order valence-electron chi connectivity index (χ1n) is 8.80. The van der Waals surface area contributed by atoms with E-state index in [0.29, 0.717) is 30.0 Å². The quantitative estimate of drug-likeness (QED) is 0.779. The van der Waals surface area contributed by atoms with Gasteiger partial charge in [-0.25, -0.2) is 13.4 Å². The summed E-state index contributed by atoms with van der Waals surface area (Å²) in [6, 6.07) is 0. The highest BCUT2D eigenvalue weighted by Crippen LogP contribution is 2.30. The first-order valence-corrected chi connectivity index (χ1v) is 10.5. The van der Waals surface area contributed by atoms with Crippen molar-refractivity contribution < 1.29 is 12.9 Å². The molecule has 1 saturated carbocycles. The maximum atomic E-state index is 12.4. The smallest absolute Gasteiger partial charge is 0.256 e. The zero-order chi connectivity index (χ0) is 18.3. The van der Waals surface area contributed by atoms with E-state index in [9.17, 15) is 13.2 Å². The van der Waals surface area contributed by atoms with E-state index in [2.05, 4.69) is 25.0 Å². The van der Waals surface area contributed by atoms with Crippen molar-refractivity contribution in [2.45, 2.75) is 50.0 Å². The van der Waals surface area contributed by atoms with Crippen molar-refractivity contribution in [3.8, 4) is 0 Å². The monoisotopic (exact) mass is 379 g/mol. The van der Waals surface area contributed by atoms with Gasteiger partial charge >= 0.3 is 0 Å². The lowest BCUT2D eigenvalue weighted by molar-refractivity contribution is 0.380. The number of sulfone groups is 1. The van der Waals surface area contributed by atoms with Crippen molar-refractivity contribution >= 4 is 15.8 Å². The molecule has 140 valence electrons. The van der Waals surface area contributed by atoms with E-state index < -0.39 is 9.84 Å². The fraction of sp³-hybridized carbons (Fsp3) is 0.625. The number of anilines is 1. The van der Waals surface area contributed by atoms with E-state index in [-0.39, 0.29) is 34.7 Å². The minimum atomic E-state index is -3.20. The van der Waals surface area contributed by atoms with E-state index >= 15 is 0 Å². The number of aromatic amines is 1. The summed E-state index contributed by atoms with van der Waals surface area (Å²) in [7, 11) is -3.20. The molecule has 9 nitrogen and oxygen atoms in total. The van der Waals surface area contributed by atoms with E-state index in [4.69, 9.17) is 4.52 Å². The average Bonchev–Trinajstić information content (AvgIpc) is 3.14. The number of nitrogens with zero attached hydrogens (tertiary/aromatic N) is 4. The number of aryl methyl sites for hydroxylation is 1. The normalized spacial score (nSPS) is 17.8. The highest BCUT2D eigenvalue weighted by atomic mass is 32.2. The van der Waals surface area contributed by atoms with Gasteiger partial charge in [-0.05, 0) is 32.6 Å². The first-order chi connectivity index (χ1) is 12.4. The van der Waals surface area contributed by atoms with Crippen LogP contribution in [0, 0.1) is 6.92 Å². The fourth-order valence-corrected chi connectivity index (χ4v) is 4.75. The molecule has 10 heteroatoms. The summed E-state index contributed by atoms with van der Waals surface area (Å²) in [5.74, 6) is 0.733. The molecule has 1 aliphatic carbocycles. The van der Waals surface area contributed by atoms with Gasteiger partial charge in [0.25, 0.3) is 5.56 Å². The summed E-state index contributed by atoms with van der Waals surface area (Å²) in [6.07, 6.45) is 3.73. The second kappa shape index (κ2) is 6.49. The molecule has 2 fully saturated rings. The van der Waals surface area contributed by atoms with Crippen molar-refractivity contribution in [3.63, 3.8) is 0 Å². The molecular weight excluding hydrogens is 358 g/mol. The maximum absolute atomic E-state index is 12.4. The Labute approximate surface area is 150 Å². The average molecular weight is 379 g/mol. The summed E-state index contributed by atoms with van der Waals surface area (Å²) in [4.78, 5) is 26.0. The van der Waals surface area contributed by atoms with E-state index in [1.165, 1.54) is 0 Å². The van der Waals surface area contributed by atoms with Crippen LogP contribution in [0.3, 0.4) is 0 Å². The van der Waals surface area contributed by atoms with Gasteiger partial charge in [-0.2, -0.15) is 4.98 Å². The van der Waals surface area contributed by atoms with Gasteiger partial charge < -0.3 is 9.42 Å². The number of nitrogens with one attached hydrogen (secondary N) is 1. The molecule has 0 atom stereocenters. The van der Waals surface area contributed by atoms with Crippen LogP contribution in [0.4, 0.5) is 5.95 Å². The van der Waals surface area contributed by atoms with Crippen LogP contribution < -0.4 is 10.5 Å². The van der Waals surface area contributed by atoms with Gasteiger partial charge in [-0.3, -0.25) is 9.78 Å². The van der Waals surface area contributed by atoms with Crippen LogP contribution in [0.15, 0.2) is 9.32 Å². The first kappa shape index (κ1) is 17.2. The minimum Gasteiger partial charge on any atom is -0.342 e. The molecule has 0 unspecified atom stereocenters. The van der Waals surface area contributed by atoms with Crippen molar-refractivity contribution in [1.29, 1.82) is 0 Å². The molecule has 2 aromatic rings. The van der Waals surface area contributed by atoms with Crippen LogP contribution in [0.25, 0.3) is 0 Å². The summed E-state index contributed by atoms with van der Waals surface area (Å²) >= 11 is 0. The van der Waals surface area contributed by atoms with Crippen LogP contribution >= 0.6 is 0 Å². The predicted octanol–water partition coefficient (Wildman–Crippen LogP) is 0.730. The van der Waals surface area contributed by atoms with Crippen molar-refractivity contribution in [3.05, 3.63) is 33.3 Å². The number of hydrogen-bond acceptors (Lipinski definition) is 8. The Morgan fingerprint density at radius 2 is 1.96 bits per heavy atom. The molecule has 1 aliphatic heterocycles. The van der Waals surface area contributed by atoms with E-state index in [0.717, 1.165) is 25.9 Å². The number of aromatic nitrogens is 4. The van der Waals surface area contributed by atoms with Crippen LogP contribution in [0.1, 0.15) is 48.7 Å².